The lowest BCUT2D eigenvalue weighted by atomic mass is 9.73. The van der Waals surface area contributed by atoms with Gasteiger partial charge < -0.3 is 27.8 Å². The summed E-state index contributed by atoms with van der Waals surface area (Å²) >= 11 is 13.6. The summed E-state index contributed by atoms with van der Waals surface area (Å²) in [6, 6.07) is 8.33. The standard InChI is InChI=1S/C23H24Cl2N8OS/c24-13-10-30-18(27)14(25)16(13)35-22-19(28)32-21(15(31-22)20(29)34)33-7-5-23(6-8-33)9-11-3-1-2-4-12(11)17(23)26/h1-4,10,17H,5-9,26H2,(H2,27,30)(H2,28,32)(H2,29,34)/t17-/m1/s1. The largest absolute Gasteiger partial charge is 0.382 e. The maximum absolute atomic E-state index is 12.4. The Morgan fingerprint density at radius 2 is 1.83 bits per heavy atom. The van der Waals surface area contributed by atoms with Crippen LogP contribution in [0.4, 0.5) is 17.5 Å². The highest BCUT2D eigenvalue weighted by atomic mass is 35.5. The van der Waals surface area contributed by atoms with E-state index in [9.17, 15) is 4.79 Å². The molecule has 2 aliphatic rings. The van der Waals surface area contributed by atoms with Gasteiger partial charge >= 0.3 is 0 Å². The van der Waals surface area contributed by atoms with Gasteiger partial charge in [-0.15, -0.1) is 0 Å². The minimum Gasteiger partial charge on any atom is -0.382 e. The number of hydrogen-bond donors (Lipinski definition) is 4. The predicted octanol–water partition coefficient (Wildman–Crippen LogP) is 3.44. The number of anilines is 3. The van der Waals surface area contributed by atoms with Crippen LogP contribution in [0.2, 0.25) is 10.0 Å². The maximum atomic E-state index is 12.4. The first-order chi connectivity index (χ1) is 16.7. The van der Waals surface area contributed by atoms with Crippen molar-refractivity contribution in [3.8, 4) is 0 Å². The Morgan fingerprint density at radius 1 is 1.11 bits per heavy atom. The fraction of sp³-hybridized carbons (Fsp3) is 0.304. The molecule has 1 aliphatic heterocycles. The number of pyridine rings is 1. The van der Waals surface area contributed by atoms with Gasteiger partial charge in [0.25, 0.3) is 5.91 Å². The molecule has 1 aliphatic carbocycles. The number of halogens is 2. The van der Waals surface area contributed by atoms with Crippen LogP contribution in [-0.4, -0.2) is 33.9 Å². The molecule has 9 nitrogen and oxygen atoms in total. The van der Waals surface area contributed by atoms with Gasteiger partial charge in [0.2, 0.25) is 0 Å². The number of carbonyl (C=O) groups excluding carboxylic acids is 1. The highest BCUT2D eigenvalue weighted by molar-refractivity contribution is 7.99. The fourth-order valence-electron chi connectivity index (χ4n) is 5.01. The van der Waals surface area contributed by atoms with Gasteiger partial charge in [0.1, 0.15) is 10.8 Å². The Morgan fingerprint density at radius 3 is 2.51 bits per heavy atom. The molecule has 1 spiro atoms. The average Bonchev–Trinajstić information content (AvgIpc) is 3.11. The van der Waals surface area contributed by atoms with E-state index in [0.29, 0.717) is 23.8 Å². The molecule has 0 unspecified atom stereocenters. The molecule has 35 heavy (non-hydrogen) atoms. The number of fused-ring (bicyclic) bond motifs is 1. The van der Waals surface area contributed by atoms with Gasteiger partial charge in [-0.25, -0.2) is 15.0 Å². The molecule has 1 atom stereocenters. The minimum atomic E-state index is -0.703. The molecule has 5 rings (SSSR count). The zero-order valence-electron chi connectivity index (χ0n) is 18.7. The third-order valence-electron chi connectivity index (χ3n) is 6.91. The first kappa shape index (κ1) is 23.9. The number of piperidine rings is 1. The first-order valence-corrected chi connectivity index (χ1v) is 12.6. The smallest absolute Gasteiger partial charge is 0.271 e. The summed E-state index contributed by atoms with van der Waals surface area (Å²) in [5.41, 5.74) is 27.0. The highest BCUT2D eigenvalue weighted by Gasteiger charge is 2.46. The van der Waals surface area contributed by atoms with Crippen molar-refractivity contribution in [3.63, 3.8) is 0 Å². The van der Waals surface area contributed by atoms with Crippen molar-refractivity contribution in [2.45, 2.75) is 35.2 Å². The molecule has 3 aromatic rings. The van der Waals surface area contributed by atoms with Crippen molar-refractivity contribution in [2.75, 3.05) is 29.5 Å². The second kappa shape index (κ2) is 9.02. The normalized spacial score (nSPS) is 18.6. The van der Waals surface area contributed by atoms with E-state index in [-0.39, 0.29) is 43.9 Å². The predicted molar refractivity (Wildman–Crippen MR) is 139 cm³/mol. The van der Waals surface area contributed by atoms with Crippen molar-refractivity contribution in [1.29, 1.82) is 0 Å². The number of primary amides is 1. The van der Waals surface area contributed by atoms with Gasteiger partial charge in [-0.3, -0.25) is 4.79 Å². The molecule has 8 N–H and O–H groups in total. The third kappa shape index (κ3) is 4.14. The number of nitrogens with zero attached hydrogens (tertiary/aromatic N) is 4. The number of amides is 1. The SMILES string of the molecule is NC(=O)c1nc(Sc2c(Cl)cnc(N)c2Cl)c(N)nc1N1CCC2(CC1)Cc1ccccc1[C@H]2N. The topological polar surface area (TPSA) is 163 Å². The van der Waals surface area contributed by atoms with Gasteiger partial charge in [0.15, 0.2) is 17.3 Å². The molecule has 1 fully saturated rings. The summed E-state index contributed by atoms with van der Waals surface area (Å²) in [6.07, 6.45) is 4.02. The van der Waals surface area contributed by atoms with Gasteiger partial charge in [0, 0.05) is 25.3 Å². The molecule has 0 radical (unpaired) electrons. The zero-order chi connectivity index (χ0) is 24.9. The van der Waals surface area contributed by atoms with Gasteiger partial charge in [-0.2, -0.15) is 0 Å². The Labute approximate surface area is 216 Å². The summed E-state index contributed by atoms with van der Waals surface area (Å²) in [6.45, 7) is 1.31. The van der Waals surface area contributed by atoms with Crippen LogP contribution in [0.1, 0.15) is 40.5 Å². The Balaban J connectivity index is 1.41. The van der Waals surface area contributed by atoms with E-state index >= 15 is 0 Å². The number of benzene rings is 1. The van der Waals surface area contributed by atoms with Crippen LogP contribution in [0.5, 0.6) is 0 Å². The quantitative estimate of drug-likeness (QED) is 0.395. The van der Waals surface area contributed by atoms with Crippen LogP contribution in [0.25, 0.3) is 0 Å². The summed E-state index contributed by atoms with van der Waals surface area (Å²) in [7, 11) is 0. The molecule has 0 saturated carbocycles. The molecule has 182 valence electrons. The second-order valence-electron chi connectivity index (χ2n) is 8.89. The lowest BCUT2D eigenvalue weighted by molar-refractivity contribution is 0.0995. The van der Waals surface area contributed by atoms with Crippen LogP contribution in [0, 0.1) is 5.41 Å². The zero-order valence-corrected chi connectivity index (χ0v) is 21.0. The van der Waals surface area contributed by atoms with Crippen LogP contribution < -0.4 is 27.8 Å². The summed E-state index contributed by atoms with van der Waals surface area (Å²) in [5, 5.41) is 0.692. The number of aromatic nitrogens is 3. The van der Waals surface area contributed by atoms with Crippen molar-refractivity contribution in [3.05, 3.63) is 57.3 Å². The van der Waals surface area contributed by atoms with E-state index in [4.69, 9.17) is 46.1 Å². The van der Waals surface area contributed by atoms with E-state index in [1.165, 1.54) is 17.3 Å². The Hall–Kier alpha value is -2.79. The summed E-state index contributed by atoms with van der Waals surface area (Å²) in [5.74, 6) is -0.0927. The van der Waals surface area contributed by atoms with Crippen LogP contribution in [0.3, 0.4) is 0 Å². The van der Waals surface area contributed by atoms with Crippen LogP contribution in [-0.2, 0) is 6.42 Å². The first-order valence-electron chi connectivity index (χ1n) is 11.0. The van der Waals surface area contributed by atoms with Crippen molar-refractivity contribution >= 4 is 58.3 Å². The van der Waals surface area contributed by atoms with E-state index in [1.54, 1.807) is 0 Å². The van der Waals surface area contributed by atoms with E-state index in [2.05, 4.69) is 33.2 Å². The lowest BCUT2D eigenvalue weighted by Crippen LogP contribution is -2.45. The number of carbonyl (C=O) groups is 1. The molecular formula is C23H24Cl2N8OS. The van der Waals surface area contributed by atoms with Crippen molar-refractivity contribution in [1.82, 2.24) is 15.0 Å². The monoisotopic (exact) mass is 530 g/mol. The fourth-order valence-corrected chi connectivity index (χ4v) is 6.41. The van der Waals surface area contributed by atoms with Gasteiger partial charge in [-0.1, -0.05) is 59.2 Å². The second-order valence-corrected chi connectivity index (χ2v) is 10.7. The number of rotatable bonds is 4. The van der Waals surface area contributed by atoms with Crippen LogP contribution >= 0.6 is 35.0 Å². The maximum Gasteiger partial charge on any atom is 0.271 e. The Kier molecular flexibility index (Phi) is 6.16. The molecule has 1 saturated heterocycles. The van der Waals surface area contributed by atoms with Crippen molar-refractivity contribution in [2.24, 2.45) is 16.9 Å². The van der Waals surface area contributed by atoms with Gasteiger partial charge in [0.05, 0.1) is 14.9 Å². The summed E-state index contributed by atoms with van der Waals surface area (Å²) < 4.78 is 0. The molecule has 1 amide bonds. The molecular weight excluding hydrogens is 507 g/mol. The number of nitrogens with two attached hydrogens (primary N) is 4. The number of nitrogen functional groups attached to an aromatic ring is 2. The molecule has 3 heterocycles. The molecule has 0 bridgehead atoms. The average molecular weight is 531 g/mol. The molecule has 12 heteroatoms. The van der Waals surface area contributed by atoms with E-state index in [0.717, 1.165) is 31.0 Å². The number of hydrogen-bond acceptors (Lipinski definition) is 9. The highest BCUT2D eigenvalue weighted by Crippen LogP contribution is 2.51. The molecule has 2 aromatic heterocycles. The minimum absolute atomic E-state index is 0.0172. The lowest BCUT2D eigenvalue weighted by Gasteiger charge is -2.42. The van der Waals surface area contributed by atoms with E-state index in [1.807, 2.05) is 11.0 Å². The summed E-state index contributed by atoms with van der Waals surface area (Å²) in [4.78, 5) is 27.7. The van der Waals surface area contributed by atoms with Crippen molar-refractivity contribution < 1.29 is 4.79 Å². The third-order valence-corrected chi connectivity index (χ3v) is 8.93. The Bertz CT molecular complexity index is 1330. The van der Waals surface area contributed by atoms with E-state index < -0.39 is 5.91 Å². The van der Waals surface area contributed by atoms with Gasteiger partial charge in [-0.05, 0) is 35.8 Å². The van der Waals surface area contributed by atoms with Crippen LogP contribution in [0.15, 0.2) is 40.4 Å². The molecule has 1 aromatic carbocycles.